The Labute approximate surface area is 371 Å². The first-order chi connectivity index (χ1) is 29.8. The lowest BCUT2D eigenvalue weighted by molar-refractivity contribution is -0.161. The standard InChI is InChI=1S/C46H76O14P2/c1-3-5-7-8-9-10-11-12-13-14-15-16-17-18-19-22-26-29-33-37-46(50)60-44(41-59-62(54,55)58-39-43(48)38-57-61(51,52)53)40-56-45(49)36-32-28-25-23-20-21-24-27-31-35-42(47)34-30-6-4-2/h9-10,12-13,15-16,18-19,24,26-27,29,31,35,43-44,48H,3-8,11,14,17,20-23,25,28,30,32-34,36-41H2,1-2H3,(H,54,55)(H2,51,52,53)/b10-9-,13-12-,16-15-,19-18-,27-24-,29-26-,35-31+/t43-,44+/m0/s1. The van der Waals surface area contributed by atoms with E-state index in [0.29, 0.717) is 25.7 Å². The highest BCUT2D eigenvalue weighted by Gasteiger charge is 2.28. The summed E-state index contributed by atoms with van der Waals surface area (Å²) < 4.78 is 47.6. The first-order valence-corrected chi connectivity index (χ1v) is 25.3. The molecule has 14 nitrogen and oxygen atoms in total. The van der Waals surface area contributed by atoms with Crippen LogP contribution >= 0.6 is 15.6 Å². The van der Waals surface area contributed by atoms with E-state index in [-0.39, 0.29) is 18.6 Å². The monoisotopic (exact) mass is 914 g/mol. The van der Waals surface area contributed by atoms with Gasteiger partial charge in [-0.15, -0.1) is 0 Å². The number of carbonyl (C=O) groups excluding carboxylic acids is 3. The van der Waals surface area contributed by atoms with Crippen LogP contribution in [0, 0.1) is 0 Å². The normalized spacial score (nSPS) is 14.7. The highest BCUT2D eigenvalue weighted by molar-refractivity contribution is 7.47. The number of ether oxygens (including phenoxy) is 2. The van der Waals surface area contributed by atoms with E-state index in [2.05, 4.69) is 65.4 Å². The number of rotatable bonds is 41. The number of hydrogen-bond donors (Lipinski definition) is 4. The Balaban J connectivity index is 4.71. The number of aliphatic hydroxyl groups excluding tert-OH is 1. The average Bonchev–Trinajstić information content (AvgIpc) is 3.23. The minimum atomic E-state index is -4.88. The predicted molar refractivity (Wildman–Crippen MR) is 244 cm³/mol. The first kappa shape index (κ1) is 59.0. The van der Waals surface area contributed by atoms with Gasteiger partial charge in [0.1, 0.15) is 12.7 Å². The van der Waals surface area contributed by atoms with Gasteiger partial charge in [-0.1, -0.05) is 138 Å². The molecule has 0 aliphatic heterocycles. The molecule has 0 rings (SSSR count). The summed E-state index contributed by atoms with van der Waals surface area (Å²) in [5.41, 5.74) is 0. The molecule has 0 bridgehead atoms. The van der Waals surface area contributed by atoms with Gasteiger partial charge < -0.3 is 29.3 Å². The molecule has 0 saturated heterocycles. The first-order valence-electron chi connectivity index (χ1n) is 22.2. The topological polar surface area (TPSA) is 212 Å². The average molecular weight is 915 g/mol. The number of unbranched alkanes of at least 4 members (excludes halogenated alkanes) is 10. The van der Waals surface area contributed by atoms with E-state index < -0.39 is 66.2 Å². The molecule has 0 aromatic heterocycles. The predicted octanol–water partition coefficient (Wildman–Crippen LogP) is 10.7. The Morgan fingerprint density at radius 1 is 0.516 bits per heavy atom. The van der Waals surface area contributed by atoms with Gasteiger partial charge in [-0.2, -0.15) is 0 Å². The highest BCUT2D eigenvalue weighted by Crippen LogP contribution is 2.43. The van der Waals surface area contributed by atoms with Gasteiger partial charge in [0, 0.05) is 19.3 Å². The second kappa shape index (κ2) is 40.7. The minimum Gasteiger partial charge on any atom is -0.462 e. The van der Waals surface area contributed by atoms with E-state index in [1.54, 1.807) is 12.2 Å². The lowest BCUT2D eigenvalue weighted by Gasteiger charge is -2.20. The van der Waals surface area contributed by atoms with E-state index in [4.69, 9.17) is 23.8 Å². The van der Waals surface area contributed by atoms with Crippen LogP contribution < -0.4 is 0 Å². The summed E-state index contributed by atoms with van der Waals surface area (Å²) in [5.74, 6) is -1.05. The van der Waals surface area contributed by atoms with Crippen LogP contribution in [0.1, 0.15) is 149 Å². The highest BCUT2D eigenvalue weighted by atomic mass is 31.2. The smallest absolute Gasteiger partial charge is 0.462 e. The fourth-order valence-electron chi connectivity index (χ4n) is 5.31. The zero-order valence-electron chi connectivity index (χ0n) is 37.2. The molecular weight excluding hydrogens is 838 g/mol. The Morgan fingerprint density at radius 3 is 1.65 bits per heavy atom. The van der Waals surface area contributed by atoms with Crippen molar-refractivity contribution in [2.75, 3.05) is 26.4 Å². The summed E-state index contributed by atoms with van der Waals surface area (Å²) in [7, 11) is -9.74. The van der Waals surface area contributed by atoms with Gasteiger partial charge in [0.15, 0.2) is 11.9 Å². The van der Waals surface area contributed by atoms with Gasteiger partial charge in [0.25, 0.3) is 0 Å². The summed E-state index contributed by atoms with van der Waals surface area (Å²) in [6, 6.07) is 0. The van der Waals surface area contributed by atoms with E-state index >= 15 is 0 Å². The van der Waals surface area contributed by atoms with Crippen molar-refractivity contribution in [3.63, 3.8) is 0 Å². The van der Waals surface area contributed by atoms with Crippen LogP contribution in [0.15, 0.2) is 85.1 Å². The number of hydrogen-bond acceptors (Lipinski definition) is 11. The van der Waals surface area contributed by atoms with Gasteiger partial charge >= 0.3 is 27.6 Å². The molecule has 3 atom stereocenters. The summed E-state index contributed by atoms with van der Waals surface area (Å²) in [5, 5.41) is 9.74. The Hall–Kier alpha value is -3.03. The van der Waals surface area contributed by atoms with Crippen molar-refractivity contribution in [1.29, 1.82) is 0 Å². The maximum Gasteiger partial charge on any atom is 0.472 e. The van der Waals surface area contributed by atoms with E-state index in [1.807, 2.05) is 30.4 Å². The van der Waals surface area contributed by atoms with E-state index in [1.165, 1.54) is 19.3 Å². The zero-order valence-corrected chi connectivity index (χ0v) is 39.0. The van der Waals surface area contributed by atoms with Crippen LogP contribution in [0.5, 0.6) is 0 Å². The molecule has 0 spiro atoms. The number of esters is 2. The molecule has 0 fully saturated rings. The number of ketones is 1. The maximum atomic E-state index is 12.6. The molecule has 16 heteroatoms. The fourth-order valence-corrected chi connectivity index (χ4v) is 6.47. The molecule has 0 aromatic rings. The van der Waals surface area contributed by atoms with Crippen LogP contribution in [0.4, 0.5) is 0 Å². The lowest BCUT2D eigenvalue weighted by atomic mass is 10.1. The van der Waals surface area contributed by atoms with Crippen molar-refractivity contribution in [3.8, 4) is 0 Å². The van der Waals surface area contributed by atoms with E-state index in [0.717, 1.165) is 77.0 Å². The molecule has 0 aliphatic carbocycles. The summed E-state index contributed by atoms with van der Waals surface area (Å²) in [6.45, 7) is 1.43. The van der Waals surface area contributed by atoms with Crippen LogP contribution in [-0.2, 0) is 46.6 Å². The Kier molecular flexibility index (Phi) is 38.7. The third-order valence-electron chi connectivity index (χ3n) is 8.74. The molecular formula is C46H76O14P2. The van der Waals surface area contributed by atoms with Gasteiger partial charge in [0.05, 0.1) is 19.8 Å². The third kappa shape index (κ3) is 43.6. The van der Waals surface area contributed by atoms with E-state index in [9.17, 15) is 33.5 Å². The second-order valence-electron chi connectivity index (χ2n) is 14.6. The van der Waals surface area contributed by atoms with Crippen molar-refractivity contribution in [2.24, 2.45) is 0 Å². The SMILES string of the molecule is CCCCC/C=C\C/C=C\C/C=C\C/C=C\C/C=C\CCC(=O)O[C@H](COC(=O)CCCCCCC/C=C\C=C\C(=O)CCCCC)COP(=O)(O)OC[C@@H](O)COP(=O)(O)O. The molecule has 1 unspecified atom stereocenters. The Bertz CT molecular complexity index is 1480. The number of carbonyl (C=O) groups is 3. The zero-order chi connectivity index (χ0) is 46.0. The fraction of sp³-hybridized carbons (Fsp3) is 0.630. The minimum absolute atomic E-state index is 0.0140. The molecule has 0 aromatic carbocycles. The lowest BCUT2D eigenvalue weighted by Crippen LogP contribution is -2.29. The number of phosphoric ester groups is 2. The maximum absolute atomic E-state index is 12.6. The second-order valence-corrected chi connectivity index (χ2v) is 17.3. The van der Waals surface area contributed by atoms with Gasteiger partial charge in [0.2, 0.25) is 0 Å². The quantitative estimate of drug-likeness (QED) is 0.0112. The van der Waals surface area contributed by atoms with Crippen molar-refractivity contribution in [2.45, 2.75) is 161 Å². The molecule has 4 N–H and O–H groups in total. The molecule has 0 saturated carbocycles. The van der Waals surface area contributed by atoms with Crippen molar-refractivity contribution in [1.82, 2.24) is 0 Å². The summed E-state index contributed by atoms with van der Waals surface area (Å²) in [6.07, 6.45) is 42.8. The van der Waals surface area contributed by atoms with Crippen LogP contribution in [0.2, 0.25) is 0 Å². The molecule has 0 amide bonds. The Morgan fingerprint density at radius 2 is 1.02 bits per heavy atom. The van der Waals surface area contributed by atoms with Crippen molar-refractivity contribution in [3.05, 3.63) is 85.1 Å². The van der Waals surface area contributed by atoms with Crippen molar-refractivity contribution < 1.29 is 66.3 Å². The van der Waals surface area contributed by atoms with Gasteiger partial charge in [-0.3, -0.25) is 28.0 Å². The summed E-state index contributed by atoms with van der Waals surface area (Å²) in [4.78, 5) is 64.4. The van der Waals surface area contributed by atoms with Crippen LogP contribution in [0.25, 0.3) is 0 Å². The molecule has 0 aliphatic rings. The van der Waals surface area contributed by atoms with Crippen molar-refractivity contribution >= 4 is 33.4 Å². The van der Waals surface area contributed by atoms with Crippen LogP contribution in [-0.4, -0.2) is 76.1 Å². The van der Waals surface area contributed by atoms with Crippen LogP contribution in [0.3, 0.4) is 0 Å². The molecule has 354 valence electrons. The summed E-state index contributed by atoms with van der Waals surface area (Å²) >= 11 is 0. The molecule has 0 heterocycles. The number of allylic oxidation sites excluding steroid dienone is 14. The number of phosphoric acid groups is 2. The molecule has 62 heavy (non-hydrogen) atoms. The van der Waals surface area contributed by atoms with Gasteiger partial charge in [-0.05, 0) is 76.7 Å². The largest absolute Gasteiger partial charge is 0.472 e. The third-order valence-corrected chi connectivity index (χ3v) is 10.2. The molecule has 0 radical (unpaired) electrons. The number of aliphatic hydroxyl groups is 1. The van der Waals surface area contributed by atoms with Gasteiger partial charge in [-0.25, -0.2) is 9.13 Å².